The first-order valence-corrected chi connectivity index (χ1v) is 8.90. The van der Waals surface area contributed by atoms with Crippen molar-refractivity contribution in [2.45, 2.75) is 32.4 Å². The normalized spacial score (nSPS) is 17.8. The Kier molecular flexibility index (Phi) is 5.28. The van der Waals surface area contributed by atoms with Crippen molar-refractivity contribution in [2.24, 2.45) is 0 Å². The number of nitrogens with one attached hydrogen (secondary N) is 1. The Morgan fingerprint density at radius 1 is 1.15 bits per heavy atom. The van der Waals surface area contributed by atoms with Crippen molar-refractivity contribution >= 4 is 6.09 Å². The summed E-state index contributed by atoms with van der Waals surface area (Å²) in [6.45, 7) is 7.60. The van der Waals surface area contributed by atoms with Gasteiger partial charge in [0.05, 0.1) is 6.04 Å². The molecule has 4 nitrogen and oxygen atoms in total. The number of nitrogens with zero attached hydrogens (tertiary/aromatic N) is 1. The molecule has 1 aliphatic heterocycles. The van der Waals surface area contributed by atoms with Gasteiger partial charge in [0.2, 0.25) is 0 Å². The van der Waals surface area contributed by atoms with E-state index in [1.807, 2.05) is 51.1 Å². The maximum Gasteiger partial charge on any atom is 0.410 e. The number of halogens is 1. The third-order valence-corrected chi connectivity index (χ3v) is 4.35. The van der Waals surface area contributed by atoms with Crippen LogP contribution in [-0.4, -0.2) is 36.2 Å². The minimum absolute atomic E-state index is 0.103. The first kappa shape index (κ1) is 18.4. The third kappa shape index (κ3) is 4.22. The number of hydrogen-bond acceptors (Lipinski definition) is 3. The molecular formula is C21H25FN2O2. The lowest BCUT2D eigenvalue weighted by molar-refractivity contribution is 0.0118. The Bertz CT molecular complexity index is 768. The van der Waals surface area contributed by atoms with E-state index < -0.39 is 5.60 Å². The summed E-state index contributed by atoms with van der Waals surface area (Å²) < 4.78 is 19.5. The van der Waals surface area contributed by atoms with Crippen LogP contribution in [0.5, 0.6) is 0 Å². The van der Waals surface area contributed by atoms with E-state index in [9.17, 15) is 9.18 Å². The molecule has 1 heterocycles. The molecule has 138 valence electrons. The molecule has 1 saturated heterocycles. The van der Waals surface area contributed by atoms with Crippen LogP contribution in [0.3, 0.4) is 0 Å². The van der Waals surface area contributed by atoms with Gasteiger partial charge in [-0.25, -0.2) is 9.18 Å². The zero-order valence-electron chi connectivity index (χ0n) is 15.5. The van der Waals surface area contributed by atoms with Gasteiger partial charge in [-0.15, -0.1) is 0 Å². The first-order valence-electron chi connectivity index (χ1n) is 8.90. The molecule has 5 heteroatoms. The second kappa shape index (κ2) is 7.46. The topological polar surface area (TPSA) is 41.6 Å². The number of ether oxygens (including phenoxy) is 1. The predicted octanol–water partition coefficient (Wildman–Crippen LogP) is 4.37. The van der Waals surface area contributed by atoms with E-state index in [1.54, 1.807) is 17.0 Å². The highest BCUT2D eigenvalue weighted by Crippen LogP contribution is 2.28. The SMILES string of the molecule is CC(C)(C)OC(=O)N1CCNCC1c1ccc(-c2ccccc2F)cc1. The molecule has 1 N–H and O–H groups in total. The van der Waals surface area contributed by atoms with Crippen LogP contribution in [0.25, 0.3) is 11.1 Å². The summed E-state index contributed by atoms with van der Waals surface area (Å²) in [6.07, 6.45) is -0.304. The molecule has 2 aromatic rings. The Labute approximate surface area is 154 Å². The third-order valence-electron chi connectivity index (χ3n) is 4.35. The molecule has 0 radical (unpaired) electrons. The summed E-state index contributed by atoms with van der Waals surface area (Å²) in [7, 11) is 0. The molecule has 1 atom stereocenters. The van der Waals surface area contributed by atoms with E-state index >= 15 is 0 Å². The van der Waals surface area contributed by atoms with Crippen LogP contribution in [0.1, 0.15) is 32.4 Å². The van der Waals surface area contributed by atoms with Crippen molar-refractivity contribution in [3.05, 3.63) is 59.9 Å². The van der Waals surface area contributed by atoms with Gasteiger partial charge in [-0.1, -0.05) is 42.5 Å². The van der Waals surface area contributed by atoms with E-state index in [-0.39, 0.29) is 18.0 Å². The number of benzene rings is 2. The standard InChI is InChI=1S/C21H25FN2O2/c1-21(2,3)26-20(25)24-13-12-23-14-19(24)16-10-8-15(9-11-16)17-6-4-5-7-18(17)22/h4-11,19,23H,12-14H2,1-3H3. The van der Waals surface area contributed by atoms with Crippen molar-refractivity contribution in [2.75, 3.05) is 19.6 Å². The molecular weight excluding hydrogens is 331 g/mol. The largest absolute Gasteiger partial charge is 0.444 e. The molecule has 0 bridgehead atoms. The van der Waals surface area contributed by atoms with Gasteiger partial charge in [0.25, 0.3) is 0 Å². The summed E-state index contributed by atoms with van der Waals surface area (Å²) in [4.78, 5) is 14.3. The monoisotopic (exact) mass is 356 g/mol. The van der Waals surface area contributed by atoms with Crippen molar-refractivity contribution in [3.8, 4) is 11.1 Å². The average Bonchev–Trinajstić information content (AvgIpc) is 2.61. The van der Waals surface area contributed by atoms with Gasteiger partial charge in [0.15, 0.2) is 0 Å². The van der Waals surface area contributed by atoms with Gasteiger partial charge in [-0.3, -0.25) is 4.90 Å². The van der Waals surface area contributed by atoms with Gasteiger partial charge >= 0.3 is 6.09 Å². The van der Waals surface area contributed by atoms with Crippen LogP contribution < -0.4 is 5.32 Å². The maximum absolute atomic E-state index is 14.0. The molecule has 0 aromatic heterocycles. The second-order valence-corrected chi connectivity index (χ2v) is 7.50. The van der Waals surface area contributed by atoms with E-state index in [0.29, 0.717) is 18.7 Å². The minimum Gasteiger partial charge on any atom is -0.444 e. The van der Waals surface area contributed by atoms with Crippen LogP contribution in [0, 0.1) is 5.82 Å². The number of amides is 1. The highest BCUT2D eigenvalue weighted by Gasteiger charge is 2.31. The quantitative estimate of drug-likeness (QED) is 0.868. The molecule has 1 amide bonds. The van der Waals surface area contributed by atoms with E-state index in [0.717, 1.165) is 17.7 Å². The van der Waals surface area contributed by atoms with Crippen molar-refractivity contribution in [1.29, 1.82) is 0 Å². The number of rotatable bonds is 2. The molecule has 0 spiro atoms. The van der Waals surface area contributed by atoms with E-state index in [2.05, 4.69) is 5.32 Å². The molecule has 0 saturated carbocycles. The second-order valence-electron chi connectivity index (χ2n) is 7.50. The Morgan fingerprint density at radius 2 is 1.85 bits per heavy atom. The fourth-order valence-corrected chi connectivity index (χ4v) is 3.12. The Morgan fingerprint density at radius 3 is 2.50 bits per heavy atom. The molecule has 2 aromatic carbocycles. The average molecular weight is 356 g/mol. The molecule has 26 heavy (non-hydrogen) atoms. The lowest BCUT2D eigenvalue weighted by Gasteiger charge is -2.37. The maximum atomic E-state index is 14.0. The van der Waals surface area contributed by atoms with E-state index in [4.69, 9.17) is 4.74 Å². The molecule has 1 aliphatic rings. The van der Waals surface area contributed by atoms with Gasteiger partial charge in [-0.05, 0) is 38.0 Å². The Balaban J connectivity index is 1.82. The van der Waals surface area contributed by atoms with Gasteiger partial charge in [-0.2, -0.15) is 0 Å². The summed E-state index contributed by atoms with van der Waals surface area (Å²) in [6, 6.07) is 14.3. The molecule has 0 aliphatic carbocycles. The summed E-state index contributed by atoms with van der Waals surface area (Å²) in [5.41, 5.74) is 1.87. The van der Waals surface area contributed by atoms with Crippen LogP contribution >= 0.6 is 0 Å². The number of carbonyl (C=O) groups is 1. The molecule has 3 rings (SSSR count). The van der Waals surface area contributed by atoms with Crippen LogP contribution in [0.2, 0.25) is 0 Å². The lowest BCUT2D eigenvalue weighted by Crippen LogP contribution is -2.50. The van der Waals surface area contributed by atoms with Gasteiger partial charge in [0.1, 0.15) is 11.4 Å². The van der Waals surface area contributed by atoms with Crippen molar-refractivity contribution in [3.63, 3.8) is 0 Å². The van der Waals surface area contributed by atoms with Crippen LogP contribution in [-0.2, 0) is 4.74 Å². The highest BCUT2D eigenvalue weighted by molar-refractivity contribution is 5.69. The number of carbonyl (C=O) groups excluding carboxylic acids is 1. The highest BCUT2D eigenvalue weighted by atomic mass is 19.1. The molecule has 1 fully saturated rings. The molecule has 1 unspecified atom stereocenters. The van der Waals surface area contributed by atoms with Crippen LogP contribution in [0.4, 0.5) is 9.18 Å². The fraction of sp³-hybridized carbons (Fsp3) is 0.381. The van der Waals surface area contributed by atoms with E-state index in [1.165, 1.54) is 6.07 Å². The summed E-state index contributed by atoms with van der Waals surface area (Å²) in [5, 5.41) is 3.33. The van der Waals surface area contributed by atoms with Crippen LogP contribution in [0.15, 0.2) is 48.5 Å². The van der Waals surface area contributed by atoms with Gasteiger partial charge in [0, 0.05) is 25.2 Å². The zero-order valence-corrected chi connectivity index (χ0v) is 15.5. The Hall–Kier alpha value is -2.40. The lowest BCUT2D eigenvalue weighted by atomic mass is 9.99. The smallest absolute Gasteiger partial charge is 0.410 e. The van der Waals surface area contributed by atoms with Crippen molar-refractivity contribution < 1.29 is 13.9 Å². The van der Waals surface area contributed by atoms with Gasteiger partial charge < -0.3 is 10.1 Å². The number of piperazine rings is 1. The predicted molar refractivity (Wildman–Crippen MR) is 100 cm³/mol. The fourth-order valence-electron chi connectivity index (χ4n) is 3.12. The first-order chi connectivity index (χ1) is 12.3. The van der Waals surface area contributed by atoms with Crippen molar-refractivity contribution in [1.82, 2.24) is 10.2 Å². The summed E-state index contributed by atoms with van der Waals surface area (Å²) in [5.74, 6) is -0.241. The minimum atomic E-state index is -0.527. The number of hydrogen-bond donors (Lipinski definition) is 1. The zero-order chi connectivity index (χ0) is 18.7. The summed E-state index contributed by atoms with van der Waals surface area (Å²) >= 11 is 0.